The van der Waals surface area contributed by atoms with E-state index in [0.717, 1.165) is 6.42 Å². The Bertz CT molecular complexity index is 155. The van der Waals surface area contributed by atoms with Crippen LogP contribution in [0.5, 0.6) is 0 Å². The molecule has 0 saturated heterocycles. The second kappa shape index (κ2) is 7.24. The zero-order chi connectivity index (χ0) is 11.9. The summed E-state index contributed by atoms with van der Waals surface area (Å²) in [6, 6.07) is 0. The van der Waals surface area contributed by atoms with Gasteiger partial charge in [-0.2, -0.15) is 0 Å². The summed E-state index contributed by atoms with van der Waals surface area (Å²) < 4.78 is 0. The summed E-state index contributed by atoms with van der Waals surface area (Å²) in [7, 11) is 0. The van der Waals surface area contributed by atoms with Gasteiger partial charge in [0, 0.05) is 6.61 Å². The molecule has 0 bridgehead atoms. The molecule has 2 unspecified atom stereocenters. The average Bonchev–Trinajstić information content (AvgIpc) is 2.14. The third-order valence-electron chi connectivity index (χ3n) is 3.16. The SMILES string of the molecule is CCCCC(C)(C)CC(C)C(O)CCO. The van der Waals surface area contributed by atoms with Gasteiger partial charge in [0.15, 0.2) is 0 Å². The van der Waals surface area contributed by atoms with Crippen molar-refractivity contribution >= 4 is 0 Å². The predicted molar refractivity (Wildman–Crippen MR) is 64.8 cm³/mol. The molecule has 15 heavy (non-hydrogen) atoms. The maximum Gasteiger partial charge on any atom is 0.0587 e. The maximum absolute atomic E-state index is 9.75. The Labute approximate surface area is 94.7 Å². The highest BCUT2D eigenvalue weighted by molar-refractivity contribution is 4.75. The first-order chi connectivity index (χ1) is 6.93. The van der Waals surface area contributed by atoms with Crippen LogP contribution in [0.1, 0.15) is 59.8 Å². The summed E-state index contributed by atoms with van der Waals surface area (Å²) in [6.07, 6.45) is 4.90. The van der Waals surface area contributed by atoms with Gasteiger partial charge in [-0.05, 0) is 30.6 Å². The van der Waals surface area contributed by atoms with Crippen LogP contribution >= 0.6 is 0 Å². The summed E-state index contributed by atoms with van der Waals surface area (Å²) in [5, 5.41) is 18.5. The second-order valence-corrected chi connectivity index (χ2v) is 5.53. The van der Waals surface area contributed by atoms with Gasteiger partial charge in [0.1, 0.15) is 0 Å². The number of unbranched alkanes of at least 4 members (excludes halogenated alkanes) is 1. The molecule has 0 aliphatic rings. The molecule has 0 aromatic heterocycles. The van der Waals surface area contributed by atoms with E-state index in [1.807, 2.05) is 0 Å². The van der Waals surface area contributed by atoms with Crippen molar-refractivity contribution in [1.29, 1.82) is 0 Å². The summed E-state index contributed by atoms with van der Waals surface area (Å²) >= 11 is 0. The average molecular weight is 216 g/mol. The topological polar surface area (TPSA) is 40.5 Å². The Morgan fingerprint density at radius 1 is 1.27 bits per heavy atom. The van der Waals surface area contributed by atoms with Gasteiger partial charge in [-0.3, -0.25) is 0 Å². The van der Waals surface area contributed by atoms with Crippen LogP contribution in [0.3, 0.4) is 0 Å². The van der Waals surface area contributed by atoms with Gasteiger partial charge < -0.3 is 10.2 Å². The minimum Gasteiger partial charge on any atom is -0.396 e. The lowest BCUT2D eigenvalue weighted by Gasteiger charge is -2.30. The highest BCUT2D eigenvalue weighted by Gasteiger charge is 2.24. The molecule has 0 fully saturated rings. The van der Waals surface area contributed by atoms with Crippen molar-refractivity contribution in [1.82, 2.24) is 0 Å². The van der Waals surface area contributed by atoms with Gasteiger partial charge in [0.25, 0.3) is 0 Å². The van der Waals surface area contributed by atoms with E-state index >= 15 is 0 Å². The van der Waals surface area contributed by atoms with Gasteiger partial charge in [-0.15, -0.1) is 0 Å². The number of rotatable bonds is 8. The van der Waals surface area contributed by atoms with Gasteiger partial charge in [0.05, 0.1) is 6.10 Å². The molecule has 2 atom stereocenters. The molecule has 92 valence electrons. The third-order valence-corrected chi connectivity index (χ3v) is 3.16. The summed E-state index contributed by atoms with van der Waals surface area (Å²) in [5.74, 6) is 0.281. The maximum atomic E-state index is 9.75. The molecule has 0 rings (SSSR count). The zero-order valence-corrected chi connectivity index (χ0v) is 10.8. The molecule has 0 spiro atoms. The molecule has 0 heterocycles. The largest absolute Gasteiger partial charge is 0.396 e. The lowest BCUT2D eigenvalue weighted by Crippen LogP contribution is -2.25. The molecule has 0 aliphatic carbocycles. The van der Waals surface area contributed by atoms with Crippen molar-refractivity contribution in [3.8, 4) is 0 Å². The Kier molecular flexibility index (Phi) is 7.20. The van der Waals surface area contributed by atoms with Crippen molar-refractivity contribution in [2.45, 2.75) is 65.9 Å². The van der Waals surface area contributed by atoms with Crippen LogP contribution in [0.15, 0.2) is 0 Å². The minimum absolute atomic E-state index is 0.0842. The lowest BCUT2D eigenvalue weighted by molar-refractivity contribution is 0.0617. The third kappa shape index (κ3) is 6.91. The van der Waals surface area contributed by atoms with Crippen LogP contribution in [-0.4, -0.2) is 22.9 Å². The van der Waals surface area contributed by atoms with Crippen molar-refractivity contribution in [2.75, 3.05) is 6.61 Å². The molecule has 2 nitrogen and oxygen atoms in total. The van der Waals surface area contributed by atoms with E-state index in [1.54, 1.807) is 0 Å². The van der Waals surface area contributed by atoms with Crippen molar-refractivity contribution in [2.24, 2.45) is 11.3 Å². The monoisotopic (exact) mass is 216 g/mol. The van der Waals surface area contributed by atoms with Gasteiger partial charge in [-0.1, -0.05) is 40.5 Å². The molecule has 0 aromatic carbocycles. The first-order valence-electron chi connectivity index (χ1n) is 6.22. The normalized spacial score (nSPS) is 16.4. The standard InChI is InChI=1S/C13H28O2/c1-5-6-8-13(3,4)10-11(2)12(15)7-9-14/h11-12,14-15H,5-10H2,1-4H3. The molecule has 0 amide bonds. The van der Waals surface area contributed by atoms with Crippen LogP contribution in [0.25, 0.3) is 0 Å². The van der Waals surface area contributed by atoms with E-state index in [2.05, 4.69) is 27.7 Å². The number of hydrogen-bond donors (Lipinski definition) is 2. The van der Waals surface area contributed by atoms with Crippen molar-refractivity contribution < 1.29 is 10.2 Å². The van der Waals surface area contributed by atoms with Crippen LogP contribution in [-0.2, 0) is 0 Å². The molecule has 0 aromatic rings. The Balaban J connectivity index is 3.96. The van der Waals surface area contributed by atoms with E-state index in [1.165, 1.54) is 19.3 Å². The fourth-order valence-corrected chi connectivity index (χ4v) is 2.18. The molecule has 0 saturated carbocycles. The van der Waals surface area contributed by atoms with Crippen LogP contribution in [0.2, 0.25) is 0 Å². The quantitative estimate of drug-likeness (QED) is 0.655. The molecule has 2 heteroatoms. The summed E-state index contributed by atoms with van der Waals surface area (Å²) in [4.78, 5) is 0. The Morgan fingerprint density at radius 3 is 2.33 bits per heavy atom. The Morgan fingerprint density at radius 2 is 1.87 bits per heavy atom. The van der Waals surface area contributed by atoms with Gasteiger partial charge in [-0.25, -0.2) is 0 Å². The smallest absolute Gasteiger partial charge is 0.0587 e. The highest BCUT2D eigenvalue weighted by atomic mass is 16.3. The number of hydrogen-bond acceptors (Lipinski definition) is 2. The van der Waals surface area contributed by atoms with Crippen LogP contribution < -0.4 is 0 Å². The fraction of sp³-hybridized carbons (Fsp3) is 1.00. The minimum atomic E-state index is -0.351. The van der Waals surface area contributed by atoms with E-state index in [9.17, 15) is 5.11 Å². The zero-order valence-electron chi connectivity index (χ0n) is 10.8. The molecule has 0 radical (unpaired) electrons. The number of aliphatic hydroxyl groups excluding tert-OH is 2. The van der Waals surface area contributed by atoms with Crippen molar-refractivity contribution in [3.63, 3.8) is 0 Å². The first kappa shape index (κ1) is 14.9. The Hall–Kier alpha value is -0.0800. The number of aliphatic hydroxyl groups is 2. The van der Waals surface area contributed by atoms with Crippen LogP contribution in [0.4, 0.5) is 0 Å². The van der Waals surface area contributed by atoms with E-state index < -0.39 is 0 Å². The fourth-order valence-electron chi connectivity index (χ4n) is 2.18. The van der Waals surface area contributed by atoms with Gasteiger partial charge >= 0.3 is 0 Å². The second-order valence-electron chi connectivity index (χ2n) is 5.53. The highest BCUT2D eigenvalue weighted by Crippen LogP contribution is 2.32. The lowest BCUT2D eigenvalue weighted by atomic mass is 9.77. The molecule has 2 N–H and O–H groups in total. The van der Waals surface area contributed by atoms with E-state index in [-0.39, 0.29) is 18.6 Å². The summed E-state index contributed by atoms with van der Waals surface area (Å²) in [6.45, 7) is 8.91. The first-order valence-corrected chi connectivity index (χ1v) is 6.22. The molecular formula is C13H28O2. The molecular weight excluding hydrogens is 188 g/mol. The van der Waals surface area contributed by atoms with E-state index in [4.69, 9.17) is 5.11 Å². The molecule has 0 aliphatic heterocycles. The predicted octanol–water partition coefficient (Wildman–Crippen LogP) is 2.97. The van der Waals surface area contributed by atoms with Crippen molar-refractivity contribution in [3.05, 3.63) is 0 Å². The van der Waals surface area contributed by atoms with Gasteiger partial charge in [0.2, 0.25) is 0 Å². The summed E-state index contributed by atoms with van der Waals surface area (Å²) in [5.41, 5.74) is 0.311. The van der Waals surface area contributed by atoms with Crippen LogP contribution in [0, 0.1) is 11.3 Å². The van der Waals surface area contributed by atoms with E-state index in [0.29, 0.717) is 11.8 Å².